The van der Waals surface area contributed by atoms with Crippen LogP contribution < -0.4 is 4.90 Å². The molecule has 3 aromatic rings. The van der Waals surface area contributed by atoms with Crippen LogP contribution in [0.1, 0.15) is 0 Å². The Labute approximate surface area is 132 Å². The van der Waals surface area contributed by atoms with Crippen LogP contribution in [-0.4, -0.2) is 34.6 Å². The molecule has 0 amide bonds. The van der Waals surface area contributed by atoms with Crippen molar-refractivity contribution in [1.29, 1.82) is 0 Å². The van der Waals surface area contributed by atoms with Gasteiger partial charge < -0.3 is 4.90 Å². The largest absolute Gasteiger partial charge is 0.354 e. The summed E-state index contributed by atoms with van der Waals surface area (Å²) in [5, 5.41) is 0. The van der Waals surface area contributed by atoms with Gasteiger partial charge in [-0.1, -0.05) is 30.3 Å². The topological polar surface area (TPSA) is 29.0 Å². The van der Waals surface area contributed by atoms with E-state index in [-0.39, 0.29) is 0 Å². The fraction of sp³-hybridized carbons (Fsp3) is 0.250. The Kier molecular flexibility index (Phi) is 3.53. The van der Waals surface area contributed by atoms with Crippen molar-refractivity contribution in [2.75, 3.05) is 29.5 Å². The quantitative estimate of drug-likeness (QED) is 0.717. The Morgan fingerprint density at radius 2 is 1.81 bits per heavy atom. The maximum atomic E-state index is 4.55. The molecule has 0 radical (unpaired) electrons. The Balaban J connectivity index is 1.80. The molecule has 1 aliphatic heterocycles. The van der Waals surface area contributed by atoms with E-state index in [2.05, 4.69) is 45.2 Å². The third kappa shape index (κ3) is 2.51. The molecular weight excluding hydrogens is 298 g/mol. The molecule has 0 saturated carbocycles. The number of hydrogen-bond acceptors (Lipinski definition) is 5. The number of fused-ring (bicyclic) bond motifs is 1. The van der Waals surface area contributed by atoms with Crippen LogP contribution in [0.4, 0.5) is 5.82 Å². The lowest BCUT2D eigenvalue weighted by Crippen LogP contribution is -2.33. The number of benzene rings is 1. The second-order valence-electron chi connectivity index (χ2n) is 4.99. The first kappa shape index (κ1) is 13.1. The molecule has 0 spiro atoms. The van der Waals surface area contributed by atoms with Gasteiger partial charge in [0, 0.05) is 29.5 Å². The molecule has 3 heterocycles. The Hall–Kier alpha value is -1.59. The number of nitrogens with zero attached hydrogens (tertiary/aromatic N) is 3. The van der Waals surface area contributed by atoms with Crippen molar-refractivity contribution >= 4 is 39.1 Å². The average molecular weight is 313 g/mol. The van der Waals surface area contributed by atoms with Crippen molar-refractivity contribution in [3.8, 4) is 10.4 Å². The molecule has 0 atom stereocenters. The Morgan fingerprint density at radius 3 is 2.62 bits per heavy atom. The van der Waals surface area contributed by atoms with Crippen molar-refractivity contribution in [2.45, 2.75) is 0 Å². The van der Waals surface area contributed by atoms with Crippen LogP contribution in [0.5, 0.6) is 0 Å². The molecule has 1 fully saturated rings. The minimum atomic E-state index is 1.06. The average Bonchev–Trinajstić information content (AvgIpc) is 3.00. The number of aromatic nitrogens is 2. The number of hydrogen-bond donors (Lipinski definition) is 0. The zero-order valence-corrected chi connectivity index (χ0v) is 13.2. The van der Waals surface area contributed by atoms with Crippen LogP contribution in [0.2, 0.25) is 0 Å². The summed E-state index contributed by atoms with van der Waals surface area (Å²) in [5.41, 5.74) is 2.31. The standard InChI is InChI=1S/C16H15N3S2/c1-2-4-12(5-3-1)14-10-13-15(21-14)16(18-11-17-13)19-6-8-20-9-7-19/h1-5,10-11H,6-9H2. The van der Waals surface area contributed by atoms with Gasteiger partial charge in [0.05, 0.1) is 10.2 Å². The zero-order valence-electron chi connectivity index (χ0n) is 11.5. The fourth-order valence-electron chi connectivity index (χ4n) is 2.59. The van der Waals surface area contributed by atoms with E-state index in [0.717, 1.165) is 24.4 Å². The fourth-order valence-corrected chi connectivity index (χ4v) is 4.62. The highest BCUT2D eigenvalue weighted by atomic mass is 32.2. The summed E-state index contributed by atoms with van der Waals surface area (Å²) in [6.45, 7) is 2.16. The molecule has 1 saturated heterocycles. The molecule has 21 heavy (non-hydrogen) atoms. The molecule has 0 bridgehead atoms. The Bertz CT molecular complexity index is 749. The first-order valence-corrected chi connectivity index (χ1v) is 9.01. The van der Waals surface area contributed by atoms with E-state index in [0.29, 0.717) is 0 Å². The van der Waals surface area contributed by atoms with Gasteiger partial charge in [0.25, 0.3) is 0 Å². The molecule has 3 nitrogen and oxygen atoms in total. The van der Waals surface area contributed by atoms with Crippen LogP contribution in [-0.2, 0) is 0 Å². The number of thiophene rings is 1. The number of thioether (sulfide) groups is 1. The molecule has 1 aliphatic rings. The van der Waals surface area contributed by atoms with E-state index in [1.807, 2.05) is 17.8 Å². The molecule has 1 aromatic carbocycles. The van der Waals surface area contributed by atoms with Crippen LogP contribution in [0.25, 0.3) is 20.7 Å². The monoisotopic (exact) mass is 313 g/mol. The van der Waals surface area contributed by atoms with E-state index in [4.69, 9.17) is 0 Å². The molecule has 4 rings (SSSR count). The smallest absolute Gasteiger partial charge is 0.150 e. The third-order valence-corrected chi connectivity index (χ3v) is 5.77. The van der Waals surface area contributed by atoms with Gasteiger partial charge in [-0.25, -0.2) is 9.97 Å². The molecule has 0 N–H and O–H groups in total. The summed E-state index contributed by atoms with van der Waals surface area (Å²) in [5.74, 6) is 3.47. The maximum absolute atomic E-state index is 4.55. The summed E-state index contributed by atoms with van der Waals surface area (Å²) in [6, 6.07) is 12.7. The summed E-state index contributed by atoms with van der Waals surface area (Å²) in [4.78, 5) is 12.7. The van der Waals surface area contributed by atoms with E-state index >= 15 is 0 Å². The van der Waals surface area contributed by atoms with Gasteiger partial charge in [-0.2, -0.15) is 11.8 Å². The summed E-state index contributed by atoms with van der Waals surface area (Å²) in [7, 11) is 0. The summed E-state index contributed by atoms with van der Waals surface area (Å²) < 4.78 is 1.21. The van der Waals surface area contributed by atoms with Crippen molar-refractivity contribution in [3.05, 3.63) is 42.7 Å². The highest BCUT2D eigenvalue weighted by molar-refractivity contribution is 7.99. The van der Waals surface area contributed by atoms with Gasteiger partial charge in [-0.05, 0) is 11.6 Å². The second-order valence-corrected chi connectivity index (χ2v) is 7.26. The van der Waals surface area contributed by atoms with Gasteiger partial charge in [0.1, 0.15) is 12.1 Å². The van der Waals surface area contributed by atoms with Crippen molar-refractivity contribution in [3.63, 3.8) is 0 Å². The molecule has 5 heteroatoms. The second kappa shape index (κ2) is 5.66. The van der Waals surface area contributed by atoms with Gasteiger partial charge in [0.2, 0.25) is 0 Å². The minimum absolute atomic E-state index is 1.06. The maximum Gasteiger partial charge on any atom is 0.150 e. The van der Waals surface area contributed by atoms with Crippen LogP contribution in [0.3, 0.4) is 0 Å². The van der Waals surface area contributed by atoms with Gasteiger partial charge in [-0.3, -0.25) is 0 Å². The minimum Gasteiger partial charge on any atom is -0.354 e. The van der Waals surface area contributed by atoms with Crippen molar-refractivity contribution in [2.24, 2.45) is 0 Å². The Morgan fingerprint density at radius 1 is 1.00 bits per heavy atom. The summed E-state index contributed by atoms with van der Waals surface area (Å²) in [6.07, 6.45) is 1.70. The third-order valence-electron chi connectivity index (χ3n) is 3.66. The molecule has 106 valence electrons. The first-order chi connectivity index (χ1) is 10.4. The van der Waals surface area contributed by atoms with Crippen LogP contribution in [0, 0.1) is 0 Å². The van der Waals surface area contributed by atoms with Crippen LogP contribution in [0.15, 0.2) is 42.7 Å². The molecular formula is C16H15N3S2. The summed E-state index contributed by atoms with van der Waals surface area (Å²) >= 11 is 3.82. The van der Waals surface area contributed by atoms with Crippen LogP contribution >= 0.6 is 23.1 Å². The van der Waals surface area contributed by atoms with Gasteiger partial charge in [0.15, 0.2) is 0 Å². The predicted molar refractivity (Wildman–Crippen MR) is 92.4 cm³/mol. The molecule has 2 aromatic heterocycles. The van der Waals surface area contributed by atoms with Crippen molar-refractivity contribution < 1.29 is 0 Å². The molecule has 0 aliphatic carbocycles. The lowest BCUT2D eigenvalue weighted by molar-refractivity contribution is 0.843. The lowest BCUT2D eigenvalue weighted by atomic mass is 10.2. The van der Waals surface area contributed by atoms with Crippen molar-refractivity contribution in [1.82, 2.24) is 9.97 Å². The van der Waals surface area contributed by atoms with Gasteiger partial charge in [-0.15, -0.1) is 11.3 Å². The predicted octanol–water partition coefficient (Wildman–Crippen LogP) is 3.91. The van der Waals surface area contributed by atoms with E-state index < -0.39 is 0 Å². The SMILES string of the molecule is c1ccc(-c2cc3ncnc(N4CCSCC4)c3s2)cc1. The van der Waals surface area contributed by atoms with E-state index in [9.17, 15) is 0 Å². The lowest BCUT2D eigenvalue weighted by Gasteiger charge is -2.27. The van der Waals surface area contributed by atoms with Gasteiger partial charge >= 0.3 is 0 Å². The normalized spacial score (nSPS) is 15.5. The number of rotatable bonds is 2. The first-order valence-electron chi connectivity index (χ1n) is 7.04. The highest BCUT2D eigenvalue weighted by Gasteiger charge is 2.17. The number of anilines is 1. The zero-order chi connectivity index (χ0) is 14.1. The highest BCUT2D eigenvalue weighted by Crippen LogP contribution is 2.37. The molecule has 0 unspecified atom stereocenters. The van der Waals surface area contributed by atoms with E-state index in [1.165, 1.54) is 26.6 Å². The van der Waals surface area contributed by atoms with E-state index in [1.54, 1.807) is 17.7 Å².